The third-order valence-corrected chi connectivity index (χ3v) is 3.00. The molecule has 0 radical (unpaired) electrons. The first-order valence-electron chi connectivity index (χ1n) is 7.13. The zero-order chi connectivity index (χ0) is 12.1. The van der Waals surface area contributed by atoms with Crippen molar-refractivity contribution in [1.29, 1.82) is 0 Å². The van der Waals surface area contributed by atoms with Crippen molar-refractivity contribution in [3.8, 4) is 0 Å². The maximum atomic E-state index is 3.79. The van der Waals surface area contributed by atoms with E-state index in [1.807, 2.05) is 6.08 Å². The summed E-state index contributed by atoms with van der Waals surface area (Å²) in [6.07, 6.45) is 17.6. The zero-order valence-corrected chi connectivity index (χ0v) is 11.4. The van der Waals surface area contributed by atoms with Crippen LogP contribution in [0.25, 0.3) is 0 Å². The van der Waals surface area contributed by atoms with E-state index in [-0.39, 0.29) is 0 Å². The monoisotopic (exact) mass is 222 g/mol. The molecule has 0 spiro atoms. The van der Waals surface area contributed by atoms with E-state index in [4.69, 9.17) is 0 Å². The second kappa shape index (κ2) is 12.5. The summed E-state index contributed by atoms with van der Waals surface area (Å²) in [6, 6.07) is 0. The fourth-order valence-electron chi connectivity index (χ4n) is 1.91. The molecule has 0 aliphatic rings. The van der Waals surface area contributed by atoms with E-state index < -0.39 is 0 Å². The van der Waals surface area contributed by atoms with Crippen molar-refractivity contribution in [2.75, 3.05) is 0 Å². The highest BCUT2D eigenvalue weighted by atomic mass is 14.0. The molecule has 0 heteroatoms. The van der Waals surface area contributed by atoms with Crippen LogP contribution in [0, 0.1) is 0 Å². The predicted octanol–water partition coefficient (Wildman–Crippen LogP) is 6.04. The summed E-state index contributed by atoms with van der Waals surface area (Å²) in [4.78, 5) is 0. The van der Waals surface area contributed by atoms with Crippen LogP contribution in [-0.4, -0.2) is 0 Å². The third kappa shape index (κ3) is 10.0. The number of hydrogen-bond acceptors (Lipinski definition) is 0. The Bertz CT molecular complexity index is 176. The molecular formula is C16H30. The lowest BCUT2D eigenvalue weighted by Crippen LogP contribution is -1.87. The number of rotatable bonds is 11. The minimum atomic E-state index is 1.17. The molecule has 0 rings (SSSR count). The highest BCUT2D eigenvalue weighted by Crippen LogP contribution is 2.17. The topological polar surface area (TPSA) is 0 Å². The van der Waals surface area contributed by atoms with Crippen LogP contribution in [0.3, 0.4) is 0 Å². The standard InChI is InChI=1S/C16H30/c1-4-7-10-13-16(14-11-8-5-2)15-12-9-6-3/h4,14H,1,5-13,15H2,2-3H3. The van der Waals surface area contributed by atoms with E-state index >= 15 is 0 Å². The highest BCUT2D eigenvalue weighted by molar-refractivity contribution is 5.02. The lowest BCUT2D eigenvalue weighted by atomic mass is 10.00. The van der Waals surface area contributed by atoms with Crippen LogP contribution in [-0.2, 0) is 0 Å². The van der Waals surface area contributed by atoms with Gasteiger partial charge in [-0.2, -0.15) is 0 Å². The molecule has 0 heterocycles. The highest BCUT2D eigenvalue weighted by Gasteiger charge is 1.97. The zero-order valence-electron chi connectivity index (χ0n) is 11.4. The van der Waals surface area contributed by atoms with Crippen molar-refractivity contribution in [2.45, 2.75) is 78.1 Å². The Morgan fingerprint density at radius 2 is 1.56 bits per heavy atom. The molecule has 0 nitrogen and oxygen atoms in total. The maximum absolute atomic E-state index is 3.79. The van der Waals surface area contributed by atoms with Crippen LogP contribution in [0.2, 0.25) is 0 Å². The Hall–Kier alpha value is -0.520. The molecule has 0 aliphatic heterocycles. The van der Waals surface area contributed by atoms with Gasteiger partial charge in [0.15, 0.2) is 0 Å². The largest absolute Gasteiger partial charge is 0.103 e. The fourth-order valence-corrected chi connectivity index (χ4v) is 1.91. The molecule has 0 aromatic rings. The van der Waals surface area contributed by atoms with Crippen LogP contribution < -0.4 is 0 Å². The minimum absolute atomic E-state index is 1.17. The first-order chi connectivity index (χ1) is 7.85. The van der Waals surface area contributed by atoms with E-state index in [1.165, 1.54) is 64.2 Å². The van der Waals surface area contributed by atoms with Gasteiger partial charge in [0.2, 0.25) is 0 Å². The Morgan fingerprint density at radius 1 is 0.875 bits per heavy atom. The van der Waals surface area contributed by atoms with E-state index in [0.29, 0.717) is 0 Å². The van der Waals surface area contributed by atoms with Crippen molar-refractivity contribution < 1.29 is 0 Å². The fraction of sp³-hybridized carbons (Fsp3) is 0.750. The van der Waals surface area contributed by atoms with Gasteiger partial charge in [-0.05, 0) is 38.5 Å². The van der Waals surface area contributed by atoms with Crippen LogP contribution in [0.15, 0.2) is 24.3 Å². The van der Waals surface area contributed by atoms with Crippen molar-refractivity contribution in [2.24, 2.45) is 0 Å². The van der Waals surface area contributed by atoms with Gasteiger partial charge in [-0.3, -0.25) is 0 Å². The summed E-state index contributed by atoms with van der Waals surface area (Å²) in [5.74, 6) is 0. The van der Waals surface area contributed by atoms with Gasteiger partial charge in [0.25, 0.3) is 0 Å². The van der Waals surface area contributed by atoms with Crippen LogP contribution in [0.5, 0.6) is 0 Å². The molecule has 0 aromatic heterocycles. The molecule has 94 valence electrons. The smallest absolute Gasteiger partial charge is 0.0317 e. The molecule has 0 bridgehead atoms. The summed E-state index contributed by atoms with van der Waals surface area (Å²) in [5, 5.41) is 0. The number of hydrogen-bond donors (Lipinski definition) is 0. The average Bonchev–Trinajstić information content (AvgIpc) is 2.29. The molecule has 16 heavy (non-hydrogen) atoms. The molecule has 0 N–H and O–H groups in total. The van der Waals surface area contributed by atoms with Crippen LogP contribution >= 0.6 is 0 Å². The van der Waals surface area contributed by atoms with E-state index in [2.05, 4.69) is 26.5 Å². The van der Waals surface area contributed by atoms with Gasteiger partial charge >= 0.3 is 0 Å². The predicted molar refractivity (Wildman–Crippen MR) is 75.8 cm³/mol. The van der Waals surface area contributed by atoms with Gasteiger partial charge in [0.1, 0.15) is 0 Å². The molecule has 0 aliphatic carbocycles. The minimum Gasteiger partial charge on any atom is -0.103 e. The summed E-state index contributed by atoms with van der Waals surface area (Å²) in [5.41, 5.74) is 1.70. The quantitative estimate of drug-likeness (QED) is 0.295. The number of allylic oxidation sites excluding steroid dienone is 3. The maximum Gasteiger partial charge on any atom is -0.0317 e. The number of unbranched alkanes of at least 4 members (excludes halogenated alkanes) is 5. The first-order valence-corrected chi connectivity index (χ1v) is 7.13. The van der Waals surface area contributed by atoms with Crippen molar-refractivity contribution in [3.63, 3.8) is 0 Å². The third-order valence-electron chi connectivity index (χ3n) is 3.00. The summed E-state index contributed by atoms with van der Waals surface area (Å²) < 4.78 is 0. The van der Waals surface area contributed by atoms with Gasteiger partial charge in [-0.15, -0.1) is 6.58 Å². The molecular weight excluding hydrogens is 192 g/mol. The molecule has 0 amide bonds. The summed E-state index contributed by atoms with van der Waals surface area (Å²) in [6.45, 7) is 8.33. The van der Waals surface area contributed by atoms with E-state index in [0.717, 1.165) is 0 Å². The van der Waals surface area contributed by atoms with Gasteiger partial charge in [0.05, 0.1) is 0 Å². The lowest BCUT2D eigenvalue weighted by Gasteiger charge is -2.07. The van der Waals surface area contributed by atoms with Gasteiger partial charge in [0, 0.05) is 0 Å². The van der Waals surface area contributed by atoms with Crippen LogP contribution in [0.1, 0.15) is 78.1 Å². The normalized spacial score (nSPS) is 11.8. The molecule has 0 unspecified atom stereocenters. The molecule has 0 fully saturated rings. The molecule has 0 saturated heterocycles. The Balaban J connectivity index is 3.83. The van der Waals surface area contributed by atoms with Gasteiger partial charge in [-0.1, -0.05) is 57.3 Å². The second-order valence-electron chi connectivity index (χ2n) is 4.64. The van der Waals surface area contributed by atoms with Gasteiger partial charge < -0.3 is 0 Å². The van der Waals surface area contributed by atoms with E-state index in [9.17, 15) is 0 Å². The van der Waals surface area contributed by atoms with Crippen molar-refractivity contribution >= 4 is 0 Å². The lowest BCUT2D eigenvalue weighted by molar-refractivity contribution is 0.678. The average molecular weight is 222 g/mol. The van der Waals surface area contributed by atoms with Gasteiger partial charge in [-0.25, -0.2) is 0 Å². The molecule has 0 aromatic carbocycles. The summed E-state index contributed by atoms with van der Waals surface area (Å²) >= 11 is 0. The van der Waals surface area contributed by atoms with Crippen molar-refractivity contribution in [3.05, 3.63) is 24.3 Å². The Kier molecular flexibility index (Phi) is 12.1. The Morgan fingerprint density at radius 3 is 2.19 bits per heavy atom. The first kappa shape index (κ1) is 15.5. The second-order valence-corrected chi connectivity index (χ2v) is 4.64. The summed E-state index contributed by atoms with van der Waals surface area (Å²) in [7, 11) is 0. The molecule has 0 saturated carbocycles. The molecule has 0 atom stereocenters. The Labute approximate surface area is 103 Å². The van der Waals surface area contributed by atoms with Crippen LogP contribution in [0.4, 0.5) is 0 Å². The SMILES string of the molecule is C=CCCCC(=CCCCC)CCCCC. The van der Waals surface area contributed by atoms with Crippen molar-refractivity contribution in [1.82, 2.24) is 0 Å². The van der Waals surface area contributed by atoms with E-state index in [1.54, 1.807) is 5.57 Å².